The summed E-state index contributed by atoms with van der Waals surface area (Å²) >= 11 is 0.862. The minimum atomic E-state index is 0.101. The Morgan fingerprint density at radius 3 is 2.83 bits per heavy atom. The van der Waals surface area contributed by atoms with Crippen molar-refractivity contribution in [3.8, 4) is 0 Å². The van der Waals surface area contributed by atoms with Crippen LogP contribution in [-0.4, -0.2) is 34.7 Å². The maximum Gasteiger partial charge on any atom is 0.410 e. The van der Waals surface area contributed by atoms with Gasteiger partial charge in [0.05, 0.1) is 0 Å². The van der Waals surface area contributed by atoms with Crippen LogP contribution in [0.2, 0.25) is 0 Å². The van der Waals surface area contributed by atoms with Crippen molar-refractivity contribution < 1.29 is 8.58 Å². The van der Waals surface area contributed by atoms with Gasteiger partial charge in [0.25, 0.3) is 0 Å². The first-order valence-electron chi connectivity index (χ1n) is 9.40. The summed E-state index contributed by atoms with van der Waals surface area (Å²) in [5, 5.41) is 3.27. The van der Waals surface area contributed by atoms with Gasteiger partial charge in [-0.1, -0.05) is 26.8 Å². The van der Waals surface area contributed by atoms with E-state index in [9.17, 15) is 4.79 Å². The zero-order valence-corrected chi connectivity index (χ0v) is 17.0. The summed E-state index contributed by atoms with van der Waals surface area (Å²) < 4.78 is 5.90. The van der Waals surface area contributed by atoms with E-state index >= 15 is 0 Å². The van der Waals surface area contributed by atoms with E-state index in [0.29, 0.717) is 29.4 Å². The Morgan fingerprint density at radius 2 is 2.09 bits per heavy atom. The highest BCUT2D eigenvalue weighted by molar-refractivity contribution is 5.98. The number of hydrogen-bond donors (Lipinski definition) is 1. The van der Waals surface area contributed by atoms with Gasteiger partial charge in [0, 0.05) is 17.6 Å². The average molecular weight is 331 g/mol. The van der Waals surface area contributed by atoms with Crippen molar-refractivity contribution in [2.45, 2.75) is 65.0 Å². The first-order chi connectivity index (χ1) is 10.9. The van der Waals surface area contributed by atoms with E-state index < -0.39 is 0 Å². The van der Waals surface area contributed by atoms with Crippen molar-refractivity contribution in [1.29, 1.82) is 0 Å². The Morgan fingerprint density at radius 1 is 1.30 bits per heavy atom. The monoisotopic (exact) mass is 331 g/mol. The van der Waals surface area contributed by atoms with E-state index in [2.05, 4.69) is 32.2 Å². The molecule has 0 aromatic rings. The van der Waals surface area contributed by atoms with Gasteiger partial charge >= 0.3 is 16.6 Å². The molecule has 0 aromatic carbocycles. The summed E-state index contributed by atoms with van der Waals surface area (Å²) in [5.41, 5.74) is 0.627. The van der Waals surface area contributed by atoms with Crippen LogP contribution in [0.1, 0.15) is 52.9 Å². The predicted molar refractivity (Wildman–Crippen MR) is 93.4 cm³/mol. The van der Waals surface area contributed by atoms with Gasteiger partial charge in [-0.05, 0) is 67.3 Å². The number of rotatable bonds is 1. The lowest BCUT2D eigenvalue weighted by atomic mass is 9.46. The third kappa shape index (κ3) is 2.29. The van der Waals surface area contributed by atoms with E-state index in [1.807, 2.05) is 0 Å². The van der Waals surface area contributed by atoms with Crippen molar-refractivity contribution in [3.05, 3.63) is 12.2 Å². The van der Waals surface area contributed by atoms with Crippen molar-refractivity contribution in [2.75, 3.05) is 0 Å². The van der Waals surface area contributed by atoms with Gasteiger partial charge in [0.2, 0.25) is 5.91 Å². The van der Waals surface area contributed by atoms with Crippen LogP contribution in [0.15, 0.2) is 12.2 Å². The van der Waals surface area contributed by atoms with Crippen molar-refractivity contribution in [3.63, 3.8) is 0 Å². The number of amides is 1. The first-order valence-corrected chi connectivity index (χ1v) is 10.2. The van der Waals surface area contributed by atoms with Gasteiger partial charge < -0.3 is 9.11 Å². The summed E-state index contributed by atoms with van der Waals surface area (Å²) in [6.07, 6.45) is 10.8. The largest absolute Gasteiger partial charge is 0.504 e. The van der Waals surface area contributed by atoms with Gasteiger partial charge in [0.15, 0.2) is 0 Å². The van der Waals surface area contributed by atoms with Crippen LogP contribution in [0.5, 0.6) is 0 Å². The molecular weight excluding hydrogens is 301 g/mol. The van der Waals surface area contributed by atoms with Crippen LogP contribution in [0.3, 0.4) is 0 Å². The number of carbonyl (C=O) groups is 1. The van der Waals surface area contributed by atoms with E-state index in [0.717, 1.165) is 34.9 Å². The number of nitrogens with one attached hydrogen (secondary N) is 1. The summed E-state index contributed by atoms with van der Waals surface area (Å²) in [7, 11) is 0. The van der Waals surface area contributed by atoms with E-state index in [1.165, 1.54) is 25.7 Å². The molecule has 3 aliphatic carbocycles. The zero-order valence-electron chi connectivity index (χ0n) is 15.0. The molecular formula is C19H30AlNO2. The molecule has 3 saturated carbocycles. The fourth-order valence-electron chi connectivity index (χ4n) is 6.86. The molecule has 0 aromatic heterocycles. The molecule has 0 bridgehead atoms. The van der Waals surface area contributed by atoms with E-state index in [1.54, 1.807) is 6.08 Å². The summed E-state index contributed by atoms with van der Waals surface area (Å²) in [5.74, 6) is 3.10. The molecule has 0 radical (unpaired) electrons. The van der Waals surface area contributed by atoms with Crippen LogP contribution in [0, 0.1) is 34.5 Å². The molecule has 0 spiro atoms. The third-order valence-corrected chi connectivity index (χ3v) is 8.79. The highest BCUT2D eigenvalue weighted by Gasteiger charge is 2.60. The fraction of sp³-hybridized carbons (Fsp3) is 0.842. The maximum absolute atomic E-state index is 11.8. The Hall–Kier alpha value is -0.298. The van der Waals surface area contributed by atoms with E-state index in [4.69, 9.17) is 3.79 Å². The Labute approximate surface area is 148 Å². The van der Waals surface area contributed by atoms with Gasteiger partial charge in [-0.3, -0.25) is 4.79 Å². The molecule has 8 atom stereocenters. The minimum absolute atomic E-state index is 0.101. The van der Waals surface area contributed by atoms with Gasteiger partial charge in [-0.15, -0.1) is 0 Å². The SMILES string of the molecule is C[C@H]1C[C@H]2NC(=O)C=C[C@]2(C)C2CC[C@]3(C)C[C@@H]([O][AlH2])CC3C21. The molecule has 1 amide bonds. The second-order valence-corrected chi connectivity index (χ2v) is 9.73. The summed E-state index contributed by atoms with van der Waals surface area (Å²) in [6, 6.07) is 0.327. The Balaban J connectivity index is 1.70. The van der Waals surface area contributed by atoms with Gasteiger partial charge in [0.1, 0.15) is 0 Å². The van der Waals surface area contributed by atoms with Crippen molar-refractivity contribution in [2.24, 2.45) is 34.5 Å². The smallest absolute Gasteiger partial charge is 0.410 e. The highest BCUT2D eigenvalue weighted by atomic mass is 27.1. The lowest BCUT2D eigenvalue weighted by Gasteiger charge is -2.60. The molecule has 126 valence electrons. The number of carbonyl (C=O) groups excluding carboxylic acids is 1. The number of fused-ring (bicyclic) bond motifs is 5. The molecule has 1 aliphatic heterocycles. The van der Waals surface area contributed by atoms with Crippen LogP contribution >= 0.6 is 0 Å². The maximum atomic E-state index is 11.8. The average Bonchev–Trinajstić information content (AvgIpc) is 2.86. The van der Waals surface area contributed by atoms with E-state index in [-0.39, 0.29) is 11.3 Å². The molecule has 3 nitrogen and oxygen atoms in total. The topological polar surface area (TPSA) is 38.3 Å². The molecule has 3 fully saturated rings. The van der Waals surface area contributed by atoms with Crippen LogP contribution in [0.25, 0.3) is 0 Å². The van der Waals surface area contributed by atoms with Crippen LogP contribution < -0.4 is 5.32 Å². The van der Waals surface area contributed by atoms with Crippen LogP contribution in [0.4, 0.5) is 0 Å². The standard InChI is InChI=1S/C19H28NO2.Al.2H/c1-11-8-15-19(3,7-5-16(22)20-15)13-4-6-18(2)10-12(21)9-14(18)17(11)13;;;/h5,7,11-15,17H,4,6,8-10H2,1-3H3,(H,20,22);;;/q-1;+1;;/t11-,12-,13?,14?,15+,17?,18+,19+;;;/m0.../s1. The molecule has 4 aliphatic rings. The Bertz CT molecular complexity index is 549. The minimum Gasteiger partial charge on any atom is -0.504 e. The van der Waals surface area contributed by atoms with Gasteiger partial charge in [-0.2, -0.15) is 0 Å². The molecule has 23 heavy (non-hydrogen) atoms. The fourth-order valence-corrected chi connectivity index (χ4v) is 7.22. The quantitative estimate of drug-likeness (QED) is 0.750. The zero-order chi connectivity index (χ0) is 16.4. The second-order valence-electron chi connectivity index (χ2n) is 9.25. The van der Waals surface area contributed by atoms with Gasteiger partial charge in [-0.25, -0.2) is 0 Å². The van der Waals surface area contributed by atoms with Crippen molar-refractivity contribution >= 4 is 22.5 Å². The normalized spacial score (nSPS) is 54.8. The lowest BCUT2D eigenvalue weighted by Crippen LogP contribution is -2.61. The molecule has 0 saturated heterocycles. The molecule has 1 N–H and O–H groups in total. The van der Waals surface area contributed by atoms with Crippen molar-refractivity contribution in [1.82, 2.24) is 5.32 Å². The molecule has 4 heteroatoms. The molecule has 1 heterocycles. The summed E-state index contributed by atoms with van der Waals surface area (Å²) in [6.45, 7) is 7.35. The number of hydrogen-bond acceptors (Lipinski definition) is 2. The predicted octanol–water partition coefficient (Wildman–Crippen LogP) is 2.46. The lowest BCUT2D eigenvalue weighted by molar-refractivity contribution is -0.124. The molecule has 3 unspecified atom stereocenters. The first kappa shape index (κ1) is 16.2. The second kappa shape index (κ2) is 5.35. The third-order valence-electron chi connectivity index (χ3n) is 8.12. The summed E-state index contributed by atoms with van der Waals surface area (Å²) in [4.78, 5) is 11.8. The molecule has 4 rings (SSSR count). The highest BCUT2D eigenvalue weighted by Crippen LogP contribution is 2.64. The Kier molecular flexibility index (Phi) is 3.76. The van der Waals surface area contributed by atoms with Crippen LogP contribution in [-0.2, 0) is 8.58 Å².